The molecule has 170 valence electrons. The normalized spacial score (nSPS) is 19.5. The van der Waals surface area contributed by atoms with Crippen molar-refractivity contribution >= 4 is 40.3 Å². The van der Waals surface area contributed by atoms with E-state index in [0.717, 1.165) is 25.3 Å². The van der Waals surface area contributed by atoms with Gasteiger partial charge in [0.15, 0.2) is 11.2 Å². The van der Waals surface area contributed by atoms with Gasteiger partial charge in [0.25, 0.3) is 5.56 Å². The zero-order valence-electron chi connectivity index (χ0n) is 18.4. The quantitative estimate of drug-likeness (QED) is 0.573. The van der Waals surface area contributed by atoms with Gasteiger partial charge in [-0.1, -0.05) is 55.5 Å². The third kappa shape index (κ3) is 3.55. The van der Waals surface area contributed by atoms with E-state index in [4.69, 9.17) is 28.2 Å². The van der Waals surface area contributed by atoms with Crippen molar-refractivity contribution < 1.29 is 0 Å². The lowest BCUT2D eigenvalue weighted by molar-refractivity contribution is 0.354. The van der Waals surface area contributed by atoms with Gasteiger partial charge in [-0.2, -0.15) is 4.98 Å². The molecule has 1 atom stereocenters. The van der Waals surface area contributed by atoms with E-state index < -0.39 is 5.69 Å². The van der Waals surface area contributed by atoms with Crippen LogP contribution in [0.15, 0.2) is 27.8 Å². The molecule has 3 heterocycles. The predicted octanol–water partition coefficient (Wildman–Crippen LogP) is 4.04. The van der Waals surface area contributed by atoms with E-state index in [-0.39, 0.29) is 12.1 Å². The zero-order valence-corrected chi connectivity index (χ0v) is 19.9. The molecule has 32 heavy (non-hydrogen) atoms. The molecule has 2 aromatic heterocycles. The molecule has 0 radical (unpaired) electrons. The molecule has 1 aliphatic heterocycles. The Balaban J connectivity index is 1.67. The number of hydrogen-bond donors (Lipinski definition) is 0. The summed E-state index contributed by atoms with van der Waals surface area (Å²) in [6.45, 7) is 3.93. The van der Waals surface area contributed by atoms with Crippen molar-refractivity contribution in [3.05, 3.63) is 54.6 Å². The number of fused-ring (bicyclic) bond motifs is 3. The Morgan fingerprint density at radius 3 is 2.56 bits per heavy atom. The monoisotopic (exact) mass is 475 g/mol. The Kier molecular flexibility index (Phi) is 5.58. The molecule has 1 aromatic carbocycles. The lowest BCUT2D eigenvalue weighted by Crippen LogP contribution is -2.45. The molecule has 0 spiro atoms. The minimum atomic E-state index is -0.402. The van der Waals surface area contributed by atoms with Crippen LogP contribution in [-0.4, -0.2) is 31.3 Å². The Hall–Kier alpha value is -2.25. The Morgan fingerprint density at radius 1 is 1.09 bits per heavy atom. The molecular weight excluding hydrogens is 449 g/mol. The van der Waals surface area contributed by atoms with Crippen molar-refractivity contribution in [3.8, 4) is 0 Å². The average Bonchev–Trinajstić information content (AvgIpc) is 3.16. The molecule has 0 saturated heterocycles. The van der Waals surface area contributed by atoms with Crippen LogP contribution in [0.4, 0.5) is 5.95 Å². The zero-order chi connectivity index (χ0) is 22.6. The third-order valence-corrected chi connectivity index (χ3v) is 7.42. The maximum atomic E-state index is 13.6. The van der Waals surface area contributed by atoms with Gasteiger partial charge in [-0.05, 0) is 36.5 Å². The number of halogens is 2. The Labute approximate surface area is 196 Å². The molecule has 7 nitrogen and oxygen atoms in total. The summed E-state index contributed by atoms with van der Waals surface area (Å²) in [7, 11) is 1.68. The highest BCUT2D eigenvalue weighted by molar-refractivity contribution is 6.35. The van der Waals surface area contributed by atoms with Crippen LogP contribution in [0.1, 0.15) is 44.6 Å². The lowest BCUT2D eigenvalue weighted by Gasteiger charge is -2.40. The van der Waals surface area contributed by atoms with Gasteiger partial charge in [0.2, 0.25) is 5.95 Å². The summed E-state index contributed by atoms with van der Waals surface area (Å²) in [5.41, 5.74) is 0.875. The summed E-state index contributed by atoms with van der Waals surface area (Å²) >= 11 is 12.3. The SMILES string of the molecule is CC1CN(C2CCCCC2)c2nc3c(c(=O)n(Cc4ccc(Cl)cc4Cl)c(=O)n3C)n2C1. The molecule has 1 fully saturated rings. The first-order chi connectivity index (χ1) is 15.3. The molecular formula is C23H27Cl2N5O2. The number of anilines is 1. The van der Waals surface area contributed by atoms with Crippen LogP contribution in [0.3, 0.4) is 0 Å². The topological polar surface area (TPSA) is 65.1 Å². The predicted molar refractivity (Wildman–Crippen MR) is 128 cm³/mol. The Morgan fingerprint density at radius 2 is 1.84 bits per heavy atom. The second kappa shape index (κ2) is 8.27. The minimum Gasteiger partial charge on any atom is -0.339 e. The van der Waals surface area contributed by atoms with Gasteiger partial charge < -0.3 is 9.47 Å². The van der Waals surface area contributed by atoms with Crippen LogP contribution in [0.5, 0.6) is 0 Å². The highest BCUT2D eigenvalue weighted by Crippen LogP contribution is 2.33. The maximum Gasteiger partial charge on any atom is 0.332 e. The van der Waals surface area contributed by atoms with Gasteiger partial charge in [0, 0.05) is 36.2 Å². The molecule has 0 amide bonds. The number of nitrogens with zero attached hydrogens (tertiary/aromatic N) is 5. The summed E-state index contributed by atoms with van der Waals surface area (Å²) in [6, 6.07) is 5.52. The largest absolute Gasteiger partial charge is 0.339 e. The minimum absolute atomic E-state index is 0.0832. The molecule has 1 saturated carbocycles. The molecule has 2 aliphatic rings. The second-order valence-corrected chi connectivity index (χ2v) is 10.1. The van der Waals surface area contributed by atoms with Crippen LogP contribution in [0.25, 0.3) is 11.2 Å². The van der Waals surface area contributed by atoms with Crippen LogP contribution in [0, 0.1) is 5.92 Å². The summed E-state index contributed by atoms with van der Waals surface area (Å²) in [4.78, 5) is 34.0. The van der Waals surface area contributed by atoms with Crippen molar-refractivity contribution in [1.82, 2.24) is 18.7 Å². The van der Waals surface area contributed by atoms with Gasteiger partial charge in [-0.25, -0.2) is 4.79 Å². The molecule has 0 bridgehead atoms. The summed E-state index contributed by atoms with van der Waals surface area (Å²) in [5, 5.41) is 0.940. The van der Waals surface area contributed by atoms with E-state index in [1.807, 2.05) is 4.57 Å². The van der Waals surface area contributed by atoms with E-state index in [1.54, 1.807) is 25.2 Å². The summed E-state index contributed by atoms with van der Waals surface area (Å²) in [5.74, 6) is 1.21. The van der Waals surface area contributed by atoms with Crippen LogP contribution in [-0.2, 0) is 20.1 Å². The fourth-order valence-electron chi connectivity index (χ4n) is 5.20. The molecule has 1 unspecified atom stereocenters. The van der Waals surface area contributed by atoms with Crippen LogP contribution in [0.2, 0.25) is 10.0 Å². The van der Waals surface area contributed by atoms with Crippen molar-refractivity contribution in [3.63, 3.8) is 0 Å². The first kappa shape index (κ1) is 21.6. The first-order valence-corrected chi connectivity index (χ1v) is 12.0. The summed E-state index contributed by atoms with van der Waals surface area (Å²) in [6.07, 6.45) is 6.02. The number of hydrogen-bond acceptors (Lipinski definition) is 4. The van der Waals surface area contributed by atoms with Gasteiger partial charge in [0.1, 0.15) is 0 Å². The van der Waals surface area contributed by atoms with Crippen molar-refractivity contribution in [2.75, 3.05) is 11.4 Å². The van der Waals surface area contributed by atoms with Crippen LogP contribution < -0.4 is 16.1 Å². The number of imidazole rings is 1. The number of benzene rings is 1. The van der Waals surface area contributed by atoms with Crippen molar-refractivity contribution in [1.29, 1.82) is 0 Å². The number of aromatic nitrogens is 4. The smallest absolute Gasteiger partial charge is 0.332 e. The van der Waals surface area contributed by atoms with Gasteiger partial charge in [-0.15, -0.1) is 0 Å². The van der Waals surface area contributed by atoms with E-state index >= 15 is 0 Å². The first-order valence-electron chi connectivity index (χ1n) is 11.3. The van der Waals surface area contributed by atoms with Gasteiger partial charge in [0.05, 0.1) is 6.54 Å². The lowest BCUT2D eigenvalue weighted by atomic mass is 9.93. The third-order valence-electron chi connectivity index (χ3n) is 6.83. The molecule has 3 aromatic rings. The standard InChI is InChI=1S/C23H27Cl2N5O2/c1-14-11-28(17-6-4-3-5-7-17)22-26-20-19(29(22)12-14)21(31)30(23(32)27(20)2)13-15-8-9-16(24)10-18(15)25/h8-10,14,17H,3-7,11-13H2,1-2H3. The van der Waals surface area contributed by atoms with Gasteiger partial charge >= 0.3 is 5.69 Å². The molecule has 5 rings (SSSR count). The van der Waals surface area contributed by atoms with E-state index in [2.05, 4.69) is 11.8 Å². The van der Waals surface area contributed by atoms with E-state index in [0.29, 0.717) is 45.3 Å². The molecule has 1 aliphatic carbocycles. The van der Waals surface area contributed by atoms with Crippen molar-refractivity contribution in [2.24, 2.45) is 13.0 Å². The highest BCUT2D eigenvalue weighted by atomic mass is 35.5. The van der Waals surface area contributed by atoms with E-state index in [9.17, 15) is 9.59 Å². The highest BCUT2D eigenvalue weighted by Gasteiger charge is 2.33. The van der Waals surface area contributed by atoms with E-state index in [1.165, 1.54) is 28.4 Å². The van der Waals surface area contributed by atoms with Crippen molar-refractivity contribution in [2.45, 2.75) is 58.2 Å². The fourth-order valence-corrected chi connectivity index (χ4v) is 5.67. The maximum absolute atomic E-state index is 13.6. The van der Waals surface area contributed by atoms with Crippen LogP contribution >= 0.6 is 23.2 Å². The second-order valence-electron chi connectivity index (χ2n) is 9.21. The van der Waals surface area contributed by atoms with Gasteiger partial charge in [-0.3, -0.25) is 13.9 Å². The number of rotatable bonds is 3. The summed E-state index contributed by atoms with van der Waals surface area (Å²) < 4.78 is 4.76. The molecule has 9 heteroatoms. The molecule has 0 N–H and O–H groups in total. The Bertz CT molecular complexity index is 1300. The average molecular weight is 476 g/mol. The fraction of sp³-hybridized carbons (Fsp3) is 0.522. The number of aryl methyl sites for hydroxylation is 1.